The molecular formula is C20H20N4O2. The molecule has 0 radical (unpaired) electrons. The number of aromatic hydroxyl groups is 1. The summed E-state index contributed by atoms with van der Waals surface area (Å²) in [7, 11) is 0. The Hall–Kier alpha value is -3.12. The summed E-state index contributed by atoms with van der Waals surface area (Å²) in [6.45, 7) is 2.06. The van der Waals surface area contributed by atoms with E-state index in [9.17, 15) is 9.90 Å². The number of nitrogen functional groups attached to an aromatic ring is 1. The van der Waals surface area contributed by atoms with Crippen LogP contribution in [0.4, 0.5) is 5.69 Å². The second kappa shape index (κ2) is 6.65. The topological polar surface area (TPSA) is 95.2 Å². The first-order valence-corrected chi connectivity index (χ1v) is 8.57. The molecule has 2 aromatic carbocycles. The number of benzene rings is 2. The fourth-order valence-electron chi connectivity index (χ4n) is 3.31. The fraction of sp³-hybridized carbons (Fsp3) is 0.200. The van der Waals surface area contributed by atoms with E-state index in [4.69, 9.17) is 5.73 Å². The predicted molar refractivity (Wildman–Crippen MR) is 101 cm³/mol. The fourth-order valence-corrected chi connectivity index (χ4v) is 3.31. The number of nitrogens with one attached hydrogen (secondary N) is 1. The van der Waals surface area contributed by atoms with Crippen molar-refractivity contribution in [1.82, 2.24) is 14.9 Å². The highest BCUT2D eigenvalue weighted by Crippen LogP contribution is 2.21. The van der Waals surface area contributed by atoms with Crippen LogP contribution in [0.1, 0.15) is 16.8 Å². The molecule has 26 heavy (non-hydrogen) atoms. The molecule has 4 N–H and O–H groups in total. The number of hydrogen-bond acceptors (Lipinski definition) is 5. The van der Waals surface area contributed by atoms with Crippen LogP contribution < -0.4 is 11.3 Å². The second-order valence-electron chi connectivity index (χ2n) is 6.59. The molecule has 0 amide bonds. The molecule has 0 unspecified atom stereocenters. The molecule has 0 spiro atoms. The van der Waals surface area contributed by atoms with E-state index >= 15 is 0 Å². The highest BCUT2D eigenvalue weighted by Gasteiger charge is 2.21. The molecule has 2 heterocycles. The van der Waals surface area contributed by atoms with Gasteiger partial charge in [0.15, 0.2) is 0 Å². The maximum absolute atomic E-state index is 12.6. The molecule has 4 rings (SSSR count). The first-order valence-electron chi connectivity index (χ1n) is 8.57. The van der Waals surface area contributed by atoms with E-state index in [1.54, 1.807) is 24.3 Å². The van der Waals surface area contributed by atoms with Gasteiger partial charge in [0.2, 0.25) is 0 Å². The molecular weight excluding hydrogens is 328 g/mol. The average Bonchev–Trinajstić information content (AvgIpc) is 2.63. The van der Waals surface area contributed by atoms with Gasteiger partial charge < -0.3 is 15.8 Å². The number of hydrogen-bond donors (Lipinski definition) is 3. The molecule has 0 fully saturated rings. The van der Waals surface area contributed by atoms with E-state index in [0.29, 0.717) is 24.6 Å². The van der Waals surface area contributed by atoms with Gasteiger partial charge in [0, 0.05) is 37.3 Å². The Morgan fingerprint density at radius 1 is 1.19 bits per heavy atom. The Balaban J connectivity index is 1.58. The van der Waals surface area contributed by atoms with Crippen LogP contribution in [0.25, 0.3) is 11.4 Å². The van der Waals surface area contributed by atoms with Gasteiger partial charge in [0.25, 0.3) is 5.56 Å². The zero-order valence-electron chi connectivity index (χ0n) is 14.3. The summed E-state index contributed by atoms with van der Waals surface area (Å²) >= 11 is 0. The summed E-state index contributed by atoms with van der Waals surface area (Å²) in [6, 6.07) is 14.5. The number of phenols is 1. The minimum absolute atomic E-state index is 0.0950. The lowest BCUT2D eigenvalue weighted by Crippen LogP contribution is -2.35. The number of rotatable bonds is 3. The van der Waals surface area contributed by atoms with Gasteiger partial charge in [0.1, 0.15) is 11.6 Å². The third kappa shape index (κ3) is 3.32. The van der Waals surface area contributed by atoms with Crippen molar-refractivity contribution in [1.29, 1.82) is 0 Å². The Kier molecular flexibility index (Phi) is 4.18. The monoisotopic (exact) mass is 348 g/mol. The summed E-state index contributed by atoms with van der Waals surface area (Å²) in [6.07, 6.45) is 0.722. The van der Waals surface area contributed by atoms with Crippen molar-refractivity contribution in [3.63, 3.8) is 0 Å². The molecule has 1 aliphatic rings. The molecule has 0 saturated heterocycles. The molecule has 132 valence electrons. The average molecular weight is 348 g/mol. The predicted octanol–water partition coefficient (Wildman–Crippen LogP) is 2.28. The van der Waals surface area contributed by atoms with Crippen LogP contribution in [0, 0.1) is 0 Å². The van der Waals surface area contributed by atoms with Crippen LogP contribution in [0.3, 0.4) is 0 Å². The Morgan fingerprint density at radius 2 is 2.00 bits per heavy atom. The number of fused-ring (bicyclic) bond motifs is 1. The van der Waals surface area contributed by atoms with Crippen molar-refractivity contribution in [3.05, 3.63) is 75.7 Å². The molecule has 6 heteroatoms. The molecule has 0 bridgehead atoms. The molecule has 1 aromatic heterocycles. The van der Waals surface area contributed by atoms with Crippen molar-refractivity contribution in [2.45, 2.75) is 19.5 Å². The number of phenolic OH excluding ortho intramolecular Hbond substituents is 1. The lowest BCUT2D eigenvalue weighted by molar-refractivity contribution is 0.241. The first-order chi connectivity index (χ1) is 12.6. The number of anilines is 1. The van der Waals surface area contributed by atoms with E-state index in [1.807, 2.05) is 24.3 Å². The van der Waals surface area contributed by atoms with Crippen molar-refractivity contribution in [2.75, 3.05) is 12.3 Å². The lowest BCUT2D eigenvalue weighted by Gasteiger charge is -2.27. The van der Waals surface area contributed by atoms with Gasteiger partial charge in [-0.25, -0.2) is 4.98 Å². The standard InChI is InChI=1S/C20H20N4O2/c21-15-6-4-14(5-7-15)19-22-18-8-9-24(12-17(18)20(26)23-19)11-13-2-1-3-16(25)10-13/h1-7,10,25H,8-9,11-12,21H2,(H,22,23,26). The first kappa shape index (κ1) is 16.4. The van der Waals surface area contributed by atoms with Crippen LogP contribution in [0.15, 0.2) is 53.3 Å². The van der Waals surface area contributed by atoms with Gasteiger partial charge in [-0.3, -0.25) is 9.69 Å². The summed E-state index contributed by atoms with van der Waals surface area (Å²) < 4.78 is 0. The van der Waals surface area contributed by atoms with E-state index in [2.05, 4.69) is 14.9 Å². The van der Waals surface area contributed by atoms with E-state index in [1.165, 1.54) is 0 Å². The van der Waals surface area contributed by atoms with Gasteiger partial charge in [-0.2, -0.15) is 0 Å². The Morgan fingerprint density at radius 3 is 2.77 bits per heavy atom. The summed E-state index contributed by atoms with van der Waals surface area (Å²) in [5.41, 5.74) is 9.75. The van der Waals surface area contributed by atoms with Crippen molar-refractivity contribution in [3.8, 4) is 17.1 Å². The number of H-pyrrole nitrogens is 1. The van der Waals surface area contributed by atoms with Crippen molar-refractivity contribution in [2.24, 2.45) is 0 Å². The SMILES string of the molecule is Nc1ccc(-c2nc3c(c(=O)[nH]2)CN(Cc2cccc(O)c2)CC3)cc1. The summed E-state index contributed by atoms with van der Waals surface area (Å²) in [5, 5.41) is 9.61. The zero-order valence-corrected chi connectivity index (χ0v) is 14.3. The highest BCUT2D eigenvalue weighted by molar-refractivity contribution is 5.58. The van der Waals surface area contributed by atoms with E-state index in [0.717, 1.165) is 35.3 Å². The van der Waals surface area contributed by atoms with Gasteiger partial charge >= 0.3 is 0 Å². The summed E-state index contributed by atoms with van der Waals surface area (Å²) in [4.78, 5) is 22.3. The maximum atomic E-state index is 12.6. The zero-order chi connectivity index (χ0) is 18.1. The van der Waals surface area contributed by atoms with Gasteiger partial charge in [-0.15, -0.1) is 0 Å². The van der Waals surface area contributed by atoms with E-state index < -0.39 is 0 Å². The maximum Gasteiger partial charge on any atom is 0.255 e. The lowest BCUT2D eigenvalue weighted by atomic mass is 10.1. The largest absolute Gasteiger partial charge is 0.508 e. The Labute approximate surface area is 150 Å². The van der Waals surface area contributed by atoms with Crippen LogP contribution >= 0.6 is 0 Å². The van der Waals surface area contributed by atoms with Crippen LogP contribution in [-0.4, -0.2) is 26.5 Å². The van der Waals surface area contributed by atoms with Crippen molar-refractivity contribution >= 4 is 5.69 Å². The number of aromatic amines is 1. The van der Waals surface area contributed by atoms with E-state index in [-0.39, 0.29) is 11.3 Å². The van der Waals surface area contributed by atoms with Gasteiger partial charge in [-0.1, -0.05) is 12.1 Å². The van der Waals surface area contributed by atoms with Crippen molar-refractivity contribution < 1.29 is 5.11 Å². The van der Waals surface area contributed by atoms with Crippen LogP contribution in [-0.2, 0) is 19.5 Å². The van der Waals surface area contributed by atoms with Gasteiger partial charge in [0.05, 0.1) is 11.3 Å². The highest BCUT2D eigenvalue weighted by atomic mass is 16.3. The minimum atomic E-state index is -0.0950. The second-order valence-corrected chi connectivity index (χ2v) is 6.59. The Bertz CT molecular complexity index is 995. The van der Waals surface area contributed by atoms with Gasteiger partial charge in [-0.05, 0) is 42.0 Å². The molecule has 6 nitrogen and oxygen atoms in total. The van der Waals surface area contributed by atoms with Crippen LogP contribution in [0.5, 0.6) is 5.75 Å². The smallest absolute Gasteiger partial charge is 0.255 e. The molecule has 0 atom stereocenters. The molecule has 3 aromatic rings. The third-order valence-electron chi connectivity index (χ3n) is 4.65. The molecule has 0 saturated carbocycles. The normalized spacial score (nSPS) is 14.2. The quantitative estimate of drug-likeness (QED) is 0.631. The third-order valence-corrected chi connectivity index (χ3v) is 4.65. The number of nitrogens with two attached hydrogens (primary N) is 1. The molecule has 1 aliphatic heterocycles. The molecule has 0 aliphatic carbocycles. The minimum Gasteiger partial charge on any atom is -0.508 e. The number of aromatic nitrogens is 2. The van der Waals surface area contributed by atoms with Crippen LogP contribution in [0.2, 0.25) is 0 Å². The summed E-state index contributed by atoms with van der Waals surface area (Å²) in [5.74, 6) is 0.836. The number of nitrogens with zero attached hydrogens (tertiary/aromatic N) is 2.